The van der Waals surface area contributed by atoms with Crippen molar-refractivity contribution in [1.82, 2.24) is 9.80 Å². The molecule has 11 heteroatoms. The lowest BCUT2D eigenvalue weighted by Gasteiger charge is -2.48. The number of hydrogen-bond donors (Lipinski definition) is 1. The summed E-state index contributed by atoms with van der Waals surface area (Å²) in [6.07, 6.45) is -6.82. The van der Waals surface area contributed by atoms with E-state index in [0.29, 0.717) is 21.9 Å². The van der Waals surface area contributed by atoms with Crippen LogP contribution in [0.2, 0.25) is 0 Å². The minimum Gasteiger partial charge on any atom is -0.465 e. The summed E-state index contributed by atoms with van der Waals surface area (Å²) in [5.74, 6) is -6.50. The van der Waals surface area contributed by atoms with Crippen LogP contribution in [-0.4, -0.2) is 57.3 Å². The van der Waals surface area contributed by atoms with Crippen LogP contribution in [-0.2, 0) is 4.79 Å². The van der Waals surface area contributed by atoms with Gasteiger partial charge in [-0.1, -0.05) is 0 Å². The maximum atomic E-state index is 14.4. The standard InChI is InChI=1S/C19H22F6N2O3/c1-9-11(12-5-10(20)6-13(21)15(12)22)7-14(27(17(29)30)18(2,3)4)16(28)26(9)8-19(23,24)25/h5-6,9,11,14H,7-8H2,1-4H3,(H,29,30)/t9-,11-,14+/m0/s1. The van der Waals surface area contributed by atoms with Crippen LogP contribution in [0.15, 0.2) is 12.1 Å². The van der Waals surface area contributed by atoms with E-state index in [2.05, 4.69) is 0 Å². The first-order valence-electron chi connectivity index (χ1n) is 9.08. The predicted molar refractivity (Wildman–Crippen MR) is 94.3 cm³/mol. The molecule has 0 aromatic heterocycles. The van der Waals surface area contributed by atoms with Gasteiger partial charge in [0.15, 0.2) is 11.6 Å². The highest BCUT2D eigenvalue weighted by Crippen LogP contribution is 2.40. The summed E-state index contributed by atoms with van der Waals surface area (Å²) < 4.78 is 81.3. The molecule has 1 aliphatic heterocycles. The van der Waals surface area contributed by atoms with E-state index in [1.165, 1.54) is 27.7 Å². The Morgan fingerprint density at radius 2 is 1.77 bits per heavy atom. The highest BCUT2D eigenvalue weighted by Gasteiger charge is 2.50. The topological polar surface area (TPSA) is 60.9 Å². The number of carboxylic acid groups (broad SMARTS) is 1. The average Bonchev–Trinajstić information content (AvgIpc) is 2.55. The largest absolute Gasteiger partial charge is 0.465 e. The number of alkyl halides is 3. The Balaban J connectivity index is 2.63. The number of benzene rings is 1. The van der Waals surface area contributed by atoms with E-state index in [0.717, 1.165) is 0 Å². The summed E-state index contributed by atoms with van der Waals surface area (Å²) in [6, 6.07) is -1.94. The summed E-state index contributed by atoms with van der Waals surface area (Å²) in [7, 11) is 0. The van der Waals surface area contributed by atoms with Gasteiger partial charge in [-0.15, -0.1) is 0 Å². The van der Waals surface area contributed by atoms with E-state index >= 15 is 0 Å². The fourth-order valence-electron chi connectivity index (χ4n) is 3.90. The fraction of sp³-hybridized carbons (Fsp3) is 0.579. The molecule has 0 unspecified atom stereocenters. The van der Waals surface area contributed by atoms with Crippen molar-refractivity contribution in [3.05, 3.63) is 35.1 Å². The molecule has 1 fully saturated rings. The molecule has 0 aliphatic carbocycles. The number of halogens is 6. The van der Waals surface area contributed by atoms with Crippen molar-refractivity contribution in [3.8, 4) is 0 Å². The Labute approximate surface area is 169 Å². The van der Waals surface area contributed by atoms with Crippen molar-refractivity contribution in [2.45, 2.75) is 63.8 Å². The summed E-state index contributed by atoms with van der Waals surface area (Å²) in [6.45, 7) is 3.82. The van der Waals surface area contributed by atoms with E-state index in [9.17, 15) is 41.0 Å². The Kier molecular flexibility index (Phi) is 6.34. The molecule has 1 N–H and O–H groups in total. The molecule has 5 nitrogen and oxygen atoms in total. The quantitative estimate of drug-likeness (QED) is 0.556. The van der Waals surface area contributed by atoms with Crippen LogP contribution in [0.3, 0.4) is 0 Å². The lowest BCUT2D eigenvalue weighted by atomic mass is 9.80. The van der Waals surface area contributed by atoms with Crippen LogP contribution in [0.4, 0.5) is 31.1 Å². The SMILES string of the molecule is C[C@H]1[C@@H](c2cc(F)cc(F)c2F)C[C@@H](N(C(=O)O)C(C)(C)C)C(=O)N1CC(F)(F)F. The molecule has 2 rings (SSSR count). The minimum atomic E-state index is -4.82. The number of carbonyl (C=O) groups is 2. The summed E-state index contributed by atoms with van der Waals surface area (Å²) in [4.78, 5) is 25.8. The van der Waals surface area contributed by atoms with Crippen molar-refractivity contribution < 1.29 is 41.0 Å². The maximum Gasteiger partial charge on any atom is 0.408 e. The Hall–Kier alpha value is -2.46. The molecule has 1 saturated heterocycles. The maximum absolute atomic E-state index is 14.4. The highest BCUT2D eigenvalue weighted by molar-refractivity contribution is 5.87. The number of carbonyl (C=O) groups excluding carboxylic acids is 1. The molecule has 1 heterocycles. The van der Waals surface area contributed by atoms with Crippen molar-refractivity contribution in [2.75, 3.05) is 6.54 Å². The van der Waals surface area contributed by atoms with Crippen LogP contribution in [0.25, 0.3) is 0 Å². The lowest BCUT2D eigenvalue weighted by Crippen LogP contribution is -2.64. The first-order chi connectivity index (χ1) is 13.5. The number of hydrogen-bond acceptors (Lipinski definition) is 2. The van der Waals surface area contributed by atoms with Gasteiger partial charge in [0, 0.05) is 23.6 Å². The van der Waals surface area contributed by atoms with Gasteiger partial charge in [0.25, 0.3) is 0 Å². The fourth-order valence-corrected chi connectivity index (χ4v) is 3.90. The smallest absolute Gasteiger partial charge is 0.408 e. The van der Waals surface area contributed by atoms with Crippen LogP contribution < -0.4 is 0 Å². The van der Waals surface area contributed by atoms with Gasteiger partial charge in [-0.3, -0.25) is 9.69 Å². The number of nitrogens with zero attached hydrogens (tertiary/aromatic N) is 2. The van der Waals surface area contributed by atoms with Crippen LogP contribution in [0.5, 0.6) is 0 Å². The Bertz CT molecular complexity index is 837. The zero-order valence-electron chi connectivity index (χ0n) is 16.7. The van der Waals surface area contributed by atoms with Crippen LogP contribution in [0.1, 0.15) is 45.6 Å². The van der Waals surface area contributed by atoms with Gasteiger partial charge >= 0.3 is 12.3 Å². The summed E-state index contributed by atoms with van der Waals surface area (Å²) in [5.41, 5.74) is -1.74. The second kappa shape index (κ2) is 7.99. The van der Waals surface area contributed by atoms with Gasteiger partial charge in [0.1, 0.15) is 18.4 Å². The van der Waals surface area contributed by atoms with E-state index in [1.54, 1.807) is 0 Å². The highest BCUT2D eigenvalue weighted by atomic mass is 19.4. The van der Waals surface area contributed by atoms with E-state index < -0.39 is 77.7 Å². The van der Waals surface area contributed by atoms with Gasteiger partial charge in [-0.2, -0.15) is 13.2 Å². The molecule has 1 aliphatic rings. The number of likely N-dealkylation sites (tertiary alicyclic amines) is 1. The van der Waals surface area contributed by atoms with Crippen LogP contribution in [0, 0.1) is 17.5 Å². The summed E-state index contributed by atoms with van der Waals surface area (Å²) >= 11 is 0. The van der Waals surface area contributed by atoms with Gasteiger partial charge in [-0.25, -0.2) is 18.0 Å². The third-order valence-electron chi connectivity index (χ3n) is 5.13. The Morgan fingerprint density at radius 3 is 2.23 bits per heavy atom. The van der Waals surface area contributed by atoms with Crippen molar-refractivity contribution >= 4 is 12.0 Å². The molecule has 0 bridgehead atoms. The molecule has 0 saturated carbocycles. The van der Waals surface area contributed by atoms with E-state index in [4.69, 9.17) is 0 Å². The second-order valence-corrected chi connectivity index (χ2v) is 8.29. The first kappa shape index (κ1) is 23.8. The minimum absolute atomic E-state index is 0.293. The third kappa shape index (κ3) is 4.81. The number of amides is 2. The molecule has 168 valence electrons. The third-order valence-corrected chi connectivity index (χ3v) is 5.13. The normalized spacial score (nSPS) is 22.9. The van der Waals surface area contributed by atoms with Gasteiger partial charge in [-0.05, 0) is 45.7 Å². The van der Waals surface area contributed by atoms with Crippen molar-refractivity contribution in [2.24, 2.45) is 0 Å². The molecule has 1 aromatic rings. The predicted octanol–water partition coefficient (Wildman–Crippen LogP) is 4.52. The molecule has 1 aromatic carbocycles. The summed E-state index contributed by atoms with van der Waals surface area (Å²) in [5, 5.41) is 9.60. The Morgan fingerprint density at radius 1 is 1.20 bits per heavy atom. The molecule has 0 spiro atoms. The number of piperidine rings is 1. The molecule has 0 radical (unpaired) electrons. The molecular weight excluding hydrogens is 418 g/mol. The van der Waals surface area contributed by atoms with E-state index in [-0.39, 0.29) is 0 Å². The van der Waals surface area contributed by atoms with Crippen molar-refractivity contribution in [3.63, 3.8) is 0 Å². The van der Waals surface area contributed by atoms with Gasteiger partial charge < -0.3 is 10.0 Å². The lowest BCUT2D eigenvalue weighted by molar-refractivity contribution is -0.174. The van der Waals surface area contributed by atoms with Crippen molar-refractivity contribution in [1.29, 1.82) is 0 Å². The number of rotatable bonds is 3. The monoisotopic (exact) mass is 440 g/mol. The second-order valence-electron chi connectivity index (χ2n) is 8.29. The average molecular weight is 440 g/mol. The molecule has 30 heavy (non-hydrogen) atoms. The molecule has 2 amide bonds. The molecule has 3 atom stereocenters. The zero-order valence-corrected chi connectivity index (χ0v) is 16.7. The van der Waals surface area contributed by atoms with Gasteiger partial charge in [0.2, 0.25) is 5.91 Å². The first-order valence-corrected chi connectivity index (χ1v) is 9.08. The zero-order chi connectivity index (χ0) is 23.2. The van der Waals surface area contributed by atoms with Crippen LogP contribution >= 0.6 is 0 Å². The van der Waals surface area contributed by atoms with E-state index in [1.807, 2.05) is 0 Å². The van der Waals surface area contributed by atoms with Gasteiger partial charge in [0.05, 0.1) is 0 Å². The molecular formula is C19H22F6N2O3.